The molecule has 0 saturated carbocycles. The quantitative estimate of drug-likeness (QED) is 0.762. The van der Waals surface area contributed by atoms with Crippen LogP contribution in [0.4, 0.5) is 4.79 Å². The van der Waals surface area contributed by atoms with Gasteiger partial charge in [0.15, 0.2) is 0 Å². The summed E-state index contributed by atoms with van der Waals surface area (Å²) in [5.41, 5.74) is 1.35. The summed E-state index contributed by atoms with van der Waals surface area (Å²) in [7, 11) is 0. The Bertz CT molecular complexity index is 682. The monoisotopic (exact) mass is 361 g/mol. The molecule has 26 heavy (non-hydrogen) atoms. The molecule has 0 aliphatic carbocycles. The largest absolute Gasteiger partial charge is 0.494 e. The number of hydrogen-bond donors (Lipinski definition) is 0. The fourth-order valence-corrected chi connectivity index (χ4v) is 3.07. The van der Waals surface area contributed by atoms with Crippen molar-refractivity contribution in [2.75, 3.05) is 6.61 Å². The Kier molecular flexibility index (Phi) is 5.69. The normalized spacial score (nSPS) is 18.2. The van der Waals surface area contributed by atoms with Crippen LogP contribution in [0.1, 0.15) is 78.5 Å². The van der Waals surface area contributed by atoms with Crippen LogP contribution in [0.25, 0.3) is 0 Å². The van der Waals surface area contributed by atoms with E-state index in [1.807, 2.05) is 25.1 Å². The van der Waals surface area contributed by atoms with E-state index in [4.69, 9.17) is 9.47 Å². The molecule has 1 fully saturated rings. The maximum absolute atomic E-state index is 12.6. The molecule has 1 atom stereocenters. The van der Waals surface area contributed by atoms with E-state index in [2.05, 4.69) is 20.8 Å². The van der Waals surface area contributed by atoms with Gasteiger partial charge < -0.3 is 9.47 Å². The highest BCUT2D eigenvalue weighted by molar-refractivity contribution is 5.94. The number of carbonyl (C=O) groups excluding carboxylic acids is 2. The molecular weight excluding hydrogens is 330 g/mol. The first-order valence-electron chi connectivity index (χ1n) is 9.26. The molecule has 1 aliphatic heterocycles. The zero-order valence-corrected chi connectivity index (χ0v) is 17.0. The lowest BCUT2D eigenvalue weighted by atomic mass is 9.85. The molecule has 2 amide bonds. The highest BCUT2D eigenvalue weighted by atomic mass is 16.6. The zero-order chi connectivity index (χ0) is 19.7. The molecule has 5 nitrogen and oxygen atoms in total. The van der Waals surface area contributed by atoms with E-state index in [9.17, 15) is 9.59 Å². The van der Waals surface area contributed by atoms with E-state index in [1.54, 1.807) is 20.8 Å². The van der Waals surface area contributed by atoms with Crippen molar-refractivity contribution in [2.24, 2.45) is 0 Å². The number of benzene rings is 1. The van der Waals surface area contributed by atoms with Gasteiger partial charge in [-0.25, -0.2) is 9.69 Å². The first kappa shape index (κ1) is 20.3. The van der Waals surface area contributed by atoms with Crippen LogP contribution in [0.2, 0.25) is 0 Å². The predicted octanol–water partition coefficient (Wildman–Crippen LogP) is 4.98. The molecule has 0 bridgehead atoms. The summed E-state index contributed by atoms with van der Waals surface area (Å²) < 4.78 is 11.3. The van der Waals surface area contributed by atoms with Gasteiger partial charge in [0.2, 0.25) is 5.91 Å². The van der Waals surface area contributed by atoms with Crippen LogP contribution in [0.15, 0.2) is 18.2 Å². The molecule has 0 N–H and O–H groups in total. The van der Waals surface area contributed by atoms with Gasteiger partial charge in [-0.2, -0.15) is 0 Å². The summed E-state index contributed by atoms with van der Waals surface area (Å²) in [6, 6.07) is 5.70. The van der Waals surface area contributed by atoms with Crippen LogP contribution in [-0.4, -0.2) is 29.1 Å². The average Bonchev–Trinajstić information content (AvgIpc) is 2.86. The van der Waals surface area contributed by atoms with Gasteiger partial charge in [0.05, 0.1) is 12.6 Å². The van der Waals surface area contributed by atoms with E-state index >= 15 is 0 Å². The summed E-state index contributed by atoms with van der Waals surface area (Å²) in [4.78, 5) is 26.2. The second-order valence-electron chi connectivity index (χ2n) is 8.73. The van der Waals surface area contributed by atoms with Crippen LogP contribution in [-0.2, 0) is 14.9 Å². The lowest BCUT2D eigenvalue weighted by molar-refractivity contribution is -0.128. The average molecular weight is 361 g/mol. The van der Waals surface area contributed by atoms with Crippen molar-refractivity contribution in [3.8, 4) is 5.75 Å². The molecule has 1 heterocycles. The molecule has 1 aromatic carbocycles. The van der Waals surface area contributed by atoms with Gasteiger partial charge in [-0.15, -0.1) is 0 Å². The number of likely N-dealkylation sites (tertiary alicyclic amines) is 1. The molecule has 0 spiro atoms. The number of ether oxygens (including phenoxy) is 2. The van der Waals surface area contributed by atoms with Crippen molar-refractivity contribution in [3.63, 3.8) is 0 Å². The van der Waals surface area contributed by atoms with Crippen molar-refractivity contribution in [2.45, 2.75) is 78.4 Å². The molecule has 1 aromatic rings. The van der Waals surface area contributed by atoms with E-state index in [0.29, 0.717) is 19.4 Å². The number of imide groups is 1. The minimum absolute atomic E-state index is 0.0132. The van der Waals surface area contributed by atoms with Gasteiger partial charge in [-0.3, -0.25) is 4.79 Å². The van der Waals surface area contributed by atoms with E-state index < -0.39 is 11.7 Å². The second-order valence-corrected chi connectivity index (χ2v) is 8.73. The third kappa shape index (κ3) is 4.57. The summed E-state index contributed by atoms with van der Waals surface area (Å²) in [6.07, 6.45) is 0.316. The number of nitrogens with zero attached hydrogens (tertiary/aromatic N) is 1. The zero-order valence-electron chi connectivity index (χ0n) is 17.0. The maximum Gasteiger partial charge on any atom is 0.417 e. The first-order valence-corrected chi connectivity index (χ1v) is 9.26. The van der Waals surface area contributed by atoms with Crippen LogP contribution in [0, 0.1) is 0 Å². The van der Waals surface area contributed by atoms with Crippen LogP contribution in [0.5, 0.6) is 5.75 Å². The fourth-order valence-electron chi connectivity index (χ4n) is 3.07. The van der Waals surface area contributed by atoms with Crippen LogP contribution < -0.4 is 4.74 Å². The first-order chi connectivity index (χ1) is 11.9. The summed E-state index contributed by atoms with van der Waals surface area (Å²) in [6.45, 7) is 14.3. The van der Waals surface area contributed by atoms with Gasteiger partial charge in [0, 0.05) is 12.0 Å². The second kappa shape index (κ2) is 7.29. The smallest absolute Gasteiger partial charge is 0.417 e. The highest BCUT2D eigenvalue weighted by Gasteiger charge is 2.40. The molecule has 1 saturated heterocycles. The Morgan fingerprint density at radius 2 is 1.85 bits per heavy atom. The predicted molar refractivity (Wildman–Crippen MR) is 101 cm³/mol. The maximum atomic E-state index is 12.6. The van der Waals surface area contributed by atoms with Gasteiger partial charge in [-0.1, -0.05) is 32.9 Å². The minimum Gasteiger partial charge on any atom is -0.494 e. The Morgan fingerprint density at radius 1 is 1.19 bits per heavy atom. The van der Waals surface area contributed by atoms with Gasteiger partial charge in [0.1, 0.15) is 11.4 Å². The Labute approximate surface area is 156 Å². The van der Waals surface area contributed by atoms with Gasteiger partial charge in [0.25, 0.3) is 0 Å². The topological polar surface area (TPSA) is 55.8 Å². The van der Waals surface area contributed by atoms with E-state index in [0.717, 1.165) is 16.9 Å². The number of hydrogen-bond acceptors (Lipinski definition) is 4. The third-order valence-corrected chi connectivity index (χ3v) is 4.34. The van der Waals surface area contributed by atoms with Crippen LogP contribution >= 0.6 is 0 Å². The molecule has 1 aliphatic rings. The molecular formula is C21H31NO4. The molecule has 0 aromatic heterocycles. The van der Waals surface area contributed by atoms with Crippen molar-refractivity contribution < 1.29 is 19.1 Å². The summed E-state index contributed by atoms with van der Waals surface area (Å²) >= 11 is 0. The highest BCUT2D eigenvalue weighted by Crippen LogP contribution is 2.40. The fraction of sp³-hybridized carbons (Fsp3) is 0.619. The molecule has 0 radical (unpaired) electrons. The number of carbonyl (C=O) groups is 2. The lowest BCUT2D eigenvalue weighted by Gasteiger charge is -2.29. The number of rotatable bonds is 3. The summed E-state index contributed by atoms with van der Waals surface area (Å²) in [5, 5.41) is 0. The SMILES string of the molecule is CCOc1cc(C(C)(C)C)ccc1C1CCC(=O)N1C(=O)OC(C)(C)C. The third-order valence-electron chi connectivity index (χ3n) is 4.34. The Morgan fingerprint density at radius 3 is 2.38 bits per heavy atom. The lowest BCUT2D eigenvalue weighted by Crippen LogP contribution is -2.39. The van der Waals surface area contributed by atoms with Crippen molar-refractivity contribution >= 4 is 12.0 Å². The van der Waals surface area contributed by atoms with Gasteiger partial charge >= 0.3 is 6.09 Å². The van der Waals surface area contributed by atoms with Crippen molar-refractivity contribution in [1.82, 2.24) is 4.90 Å². The molecule has 5 heteroatoms. The van der Waals surface area contributed by atoms with Crippen molar-refractivity contribution in [1.29, 1.82) is 0 Å². The van der Waals surface area contributed by atoms with Gasteiger partial charge in [-0.05, 0) is 51.2 Å². The molecule has 2 rings (SSSR count). The standard InChI is InChI=1S/C21H31NO4/c1-8-25-17-13-14(20(2,3)4)9-10-15(17)16-11-12-18(23)22(16)19(24)26-21(5,6)7/h9-10,13,16H,8,11-12H2,1-7H3. The molecule has 1 unspecified atom stereocenters. The van der Waals surface area contributed by atoms with Crippen LogP contribution in [0.3, 0.4) is 0 Å². The summed E-state index contributed by atoms with van der Waals surface area (Å²) in [5.74, 6) is 0.528. The van der Waals surface area contributed by atoms with E-state index in [-0.39, 0.29) is 17.4 Å². The minimum atomic E-state index is -0.649. The van der Waals surface area contributed by atoms with E-state index in [1.165, 1.54) is 4.90 Å². The Hall–Kier alpha value is -2.04. The molecule has 144 valence electrons. The van der Waals surface area contributed by atoms with Crippen molar-refractivity contribution in [3.05, 3.63) is 29.3 Å². The number of amides is 2. The Balaban J connectivity index is 2.41.